The van der Waals surface area contributed by atoms with Crippen molar-refractivity contribution in [2.24, 2.45) is 0 Å². The van der Waals surface area contributed by atoms with E-state index >= 15 is 0 Å². The molecule has 1 N–H and O–H groups in total. The van der Waals surface area contributed by atoms with Gasteiger partial charge >= 0.3 is 11.9 Å². The van der Waals surface area contributed by atoms with Crippen LogP contribution in [0.5, 0.6) is 0 Å². The van der Waals surface area contributed by atoms with E-state index < -0.39 is 6.10 Å². The average Bonchev–Trinajstić information content (AvgIpc) is 2.84. The number of esters is 2. The Morgan fingerprint density at radius 1 is 0.647 bits per heavy atom. The van der Waals surface area contributed by atoms with E-state index in [-0.39, 0.29) is 25.2 Å². The van der Waals surface area contributed by atoms with Gasteiger partial charge in [-0.2, -0.15) is 0 Å². The second-order valence-electron chi connectivity index (χ2n) is 9.48. The van der Waals surface area contributed by atoms with Gasteiger partial charge in [0.05, 0.1) is 6.61 Å². The second kappa shape index (κ2) is 26.2. The van der Waals surface area contributed by atoms with E-state index in [0.29, 0.717) is 12.8 Å². The number of aliphatic hydroxyl groups excluding tert-OH is 1. The number of unbranched alkanes of at least 4 members (excludes halogenated alkanes) is 15. The Kier molecular flexibility index (Phi) is 25.2. The van der Waals surface area contributed by atoms with Gasteiger partial charge in [0.1, 0.15) is 6.61 Å². The quantitative estimate of drug-likeness (QED) is 0.0815. The molecule has 0 fully saturated rings. The highest BCUT2D eigenvalue weighted by Crippen LogP contribution is 2.12. The summed E-state index contributed by atoms with van der Waals surface area (Å²) in [5.74, 6) is -0.606. The van der Waals surface area contributed by atoms with E-state index in [9.17, 15) is 14.7 Å². The summed E-state index contributed by atoms with van der Waals surface area (Å²) in [7, 11) is 0. The largest absolute Gasteiger partial charge is 0.462 e. The van der Waals surface area contributed by atoms with Crippen LogP contribution >= 0.6 is 0 Å². The van der Waals surface area contributed by atoms with Crippen molar-refractivity contribution in [2.45, 2.75) is 148 Å². The first-order valence-electron chi connectivity index (χ1n) is 14.2. The predicted octanol–water partition coefficient (Wildman–Crippen LogP) is 7.83. The highest BCUT2D eigenvalue weighted by Gasteiger charge is 2.16. The van der Waals surface area contributed by atoms with Crippen LogP contribution in [0.1, 0.15) is 142 Å². The van der Waals surface area contributed by atoms with E-state index in [0.717, 1.165) is 44.9 Å². The van der Waals surface area contributed by atoms with Crippen LogP contribution in [0.3, 0.4) is 0 Å². The van der Waals surface area contributed by atoms with E-state index in [1.54, 1.807) is 0 Å². The monoisotopic (exact) mass is 482 g/mol. The molecule has 200 valence electrons. The highest BCUT2D eigenvalue weighted by atomic mass is 16.6. The molecular formula is C29H54O5. The Morgan fingerprint density at radius 3 is 1.68 bits per heavy atom. The molecule has 0 heterocycles. The van der Waals surface area contributed by atoms with Crippen LogP contribution in [0.15, 0.2) is 12.2 Å². The van der Waals surface area contributed by atoms with Crippen molar-refractivity contribution < 1.29 is 24.2 Å². The van der Waals surface area contributed by atoms with Crippen LogP contribution in [-0.2, 0) is 19.1 Å². The molecule has 1 atom stereocenters. The SMILES string of the molecule is CCCC/C=C/CCCCCCCC(=O)OC[C@H](CO)OC(=O)CCCCCCCCCCC. The van der Waals surface area contributed by atoms with E-state index in [4.69, 9.17) is 9.47 Å². The minimum atomic E-state index is -0.764. The normalized spacial score (nSPS) is 12.2. The molecule has 0 aromatic heterocycles. The molecule has 0 aromatic carbocycles. The zero-order valence-corrected chi connectivity index (χ0v) is 22.4. The molecule has 0 spiro atoms. The highest BCUT2D eigenvalue weighted by molar-refractivity contribution is 5.70. The molecule has 0 amide bonds. The minimum absolute atomic E-state index is 0.0663. The van der Waals surface area contributed by atoms with Gasteiger partial charge in [0.2, 0.25) is 0 Å². The Balaban J connectivity index is 3.62. The molecule has 0 radical (unpaired) electrons. The molecule has 0 rings (SSSR count). The molecule has 0 aliphatic rings. The van der Waals surface area contributed by atoms with Gasteiger partial charge in [-0.25, -0.2) is 0 Å². The topological polar surface area (TPSA) is 72.8 Å². The first-order valence-corrected chi connectivity index (χ1v) is 14.2. The van der Waals surface area contributed by atoms with Crippen molar-refractivity contribution in [3.8, 4) is 0 Å². The number of hydrogen-bond donors (Lipinski definition) is 1. The molecule has 34 heavy (non-hydrogen) atoms. The predicted molar refractivity (Wildman–Crippen MR) is 141 cm³/mol. The number of rotatable bonds is 25. The molecule has 5 nitrogen and oxygen atoms in total. The fourth-order valence-corrected chi connectivity index (χ4v) is 3.83. The summed E-state index contributed by atoms with van der Waals surface area (Å²) in [5.41, 5.74) is 0. The Morgan fingerprint density at radius 2 is 1.12 bits per heavy atom. The number of carbonyl (C=O) groups is 2. The maximum atomic E-state index is 12.0. The van der Waals surface area contributed by atoms with Crippen LogP contribution in [-0.4, -0.2) is 36.4 Å². The number of hydrogen-bond acceptors (Lipinski definition) is 5. The first kappa shape index (κ1) is 32.6. The summed E-state index contributed by atoms with van der Waals surface area (Å²) in [4.78, 5) is 23.9. The van der Waals surface area contributed by atoms with Crippen LogP contribution < -0.4 is 0 Å². The van der Waals surface area contributed by atoms with Crippen LogP contribution in [0.25, 0.3) is 0 Å². The smallest absolute Gasteiger partial charge is 0.306 e. The van der Waals surface area contributed by atoms with Crippen molar-refractivity contribution in [3.05, 3.63) is 12.2 Å². The van der Waals surface area contributed by atoms with Crippen molar-refractivity contribution in [3.63, 3.8) is 0 Å². The van der Waals surface area contributed by atoms with Gasteiger partial charge < -0.3 is 14.6 Å². The second-order valence-corrected chi connectivity index (χ2v) is 9.48. The maximum Gasteiger partial charge on any atom is 0.306 e. The van der Waals surface area contributed by atoms with Crippen molar-refractivity contribution in [2.75, 3.05) is 13.2 Å². The van der Waals surface area contributed by atoms with E-state index in [2.05, 4.69) is 26.0 Å². The van der Waals surface area contributed by atoms with Gasteiger partial charge in [0.15, 0.2) is 6.10 Å². The fraction of sp³-hybridized carbons (Fsp3) is 0.862. The molecule has 0 saturated carbocycles. The van der Waals surface area contributed by atoms with E-state index in [1.807, 2.05) is 0 Å². The Hall–Kier alpha value is -1.36. The molecule has 0 saturated heterocycles. The van der Waals surface area contributed by atoms with Gasteiger partial charge in [0.25, 0.3) is 0 Å². The lowest BCUT2D eigenvalue weighted by Crippen LogP contribution is -2.28. The maximum absolute atomic E-state index is 12.0. The zero-order valence-electron chi connectivity index (χ0n) is 22.4. The van der Waals surface area contributed by atoms with Crippen molar-refractivity contribution >= 4 is 11.9 Å². The lowest BCUT2D eigenvalue weighted by molar-refractivity contribution is -0.161. The first-order chi connectivity index (χ1) is 16.6. The van der Waals surface area contributed by atoms with Crippen molar-refractivity contribution in [1.29, 1.82) is 0 Å². The summed E-state index contributed by atoms with van der Waals surface area (Å²) >= 11 is 0. The van der Waals surface area contributed by atoms with Crippen LogP contribution in [0, 0.1) is 0 Å². The van der Waals surface area contributed by atoms with Crippen molar-refractivity contribution in [1.82, 2.24) is 0 Å². The molecule has 0 aliphatic heterocycles. The molecule has 0 aromatic rings. The number of carbonyl (C=O) groups excluding carboxylic acids is 2. The van der Waals surface area contributed by atoms with Gasteiger partial charge in [-0.15, -0.1) is 0 Å². The standard InChI is InChI=1S/C29H54O5/c1-3-5-7-9-11-13-14-16-17-19-21-23-28(31)33-26-27(25-30)34-29(32)24-22-20-18-15-12-10-8-6-4-2/h9,11,27,30H,3-8,10,12-26H2,1-2H3/b11-9+/t27-/m0/s1. The summed E-state index contributed by atoms with van der Waals surface area (Å²) in [6.45, 7) is 4.04. The van der Waals surface area contributed by atoms with Gasteiger partial charge in [-0.3, -0.25) is 9.59 Å². The number of ether oxygens (including phenoxy) is 2. The molecule has 5 heteroatoms. The summed E-state index contributed by atoms with van der Waals surface area (Å²) in [6, 6.07) is 0. The average molecular weight is 483 g/mol. The Labute approximate surface area is 210 Å². The van der Waals surface area contributed by atoms with Gasteiger partial charge in [0, 0.05) is 12.8 Å². The van der Waals surface area contributed by atoms with Gasteiger partial charge in [-0.05, 0) is 32.1 Å². The molecule has 0 bridgehead atoms. The third kappa shape index (κ3) is 23.8. The fourth-order valence-electron chi connectivity index (χ4n) is 3.83. The molecule has 0 unspecified atom stereocenters. The Bertz CT molecular complexity index is 489. The number of allylic oxidation sites excluding steroid dienone is 2. The lowest BCUT2D eigenvalue weighted by atomic mass is 10.1. The third-order valence-corrected chi connectivity index (χ3v) is 6.06. The third-order valence-electron chi connectivity index (χ3n) is 6.06. The zero-order chi connectivity index (χ0) is 25.1. The molecule has 0 aliphatic carbocycles. The summed E-state index contributed by atoms with van der Waals surface area (Å²) < 4.78 is 10.5. The van der Waals surface area contributed by atoms with Gasteiger partial charge in [-0.1, -0.05) is 109 Å². The lowest BCUT2D eigenvalue weighted by Gasteiger charge is -2.15. The summed E-state index contributed by atoms with van der Waals surface area (Å²) in [6.07, 6.45) is 25.5. The van der Waals surface area contributed by atoms with Crippen LogP contribution in [0.2, 0.25) is 0 Å². The summed E-state index contributed by atoms with van der Waals surface area (Å²) in [5, 5.41) is 9.42. The van der Waals surface area contributed by atoms with Crippen LogP contribution in [0.4, 0.5) is 0 Å². The molecular weight excluding hydrogens is 428 g/mol. The number of aliphatic hydroxyl groups is 1. The minimum Gasteiger partial charge on any atom is -0.462 e. The van der Waals surface area contributed by atoms with E-state index in [1.165, 1.54) is 70.6 Å².